The van der Waals surface area contributed by atoms with Crippen LogP contribution in [0.25, 0.3) is 11.5 Å². The third-order valence-corrected chi connectivity index (χ3v) is 3.48. The molecule has 2 aromatic heterocycles. The SMILES string of the molecule is CCNc1nc(-c2ccnn2C)nc(CC)c1Br. The van der Waals surface area contributed by atoms with E-state index in [1.165, 1.54) is 0 Å². The molecule has 18 heavy (non-hydrogen) atoms. The maximum atomic E-state index is 4.58. The minimum Gasteiger partial charge on any atom is -0.369 e. The number of halogens is 1. The van der Waals surface area contributed by atoms with Gasteiger partial charge in [-0.1, -0.05) is 6.92 Å². The summed E-state index contributed by atoms with van der Waals surface area (Å²) in [5.74, 6) is 1.53. The van der Waals surface area contributed by atoms with Gasteiger partial charge >= 0.3 is 0 Å². The zero-order valence-electron chi connectivity index (χ0n) is 10.7. The summed E-state index contributed by atoms with van der Waals surface area (Å²) < 4.78 is 2.72. The van der Waals surface area contributed by atoms with E-state index < -0.39 is 0 Å². The third kappa shape index (κ3) is 2.38. The predicted octanol–water partition coefficient (Wildman–Crippen LogP) is 2.63. The van der Waals surface area contributed by atoms with Gasteiger partial charge in [-0.25, -0.2) is 9.97 Å². The summed E-state index contributed by atoms with van der Waals surface area (Å²) in [7, 11) is 1.89. The first-order chi connectivity index (χ1) is 8.67. The molecule has 0 aliphatic heterocycles. The first kappa shape index (κ1) is 13.0. The maximum Gasteiger partial charge on any atom is 0.180 e. The van der Waals surface area contributed by atoms with Crippen LogP contribution in [0.5, 0.6) is 0 Å². The molecule has 0 aliphatic carbocycles. The highest BCUT2D eigenvalue weighted by atomic mass is 79.9. The largest absolute Gasteiger partial charge is 0.369 e. The van der Waals surface area contributed by atoms with Crippen molar-refractivity contribution >= 4 is 21.7 Å². The number of nitrogens with one attached hydrogen (secondary N) is 1. The van der Waals surface area contributed by atoms with Gasteiger partial charge in [-0.15, -0.1) is 0 Å². The molecule has 6 heteroatoms. The predicted molar refractivity (Wildman–Crippen MR) is 75.5 cm³/mol. The van der Waals surface area contributed by atoms with Crippen LogP contribution in [0, 0.1) is 0 Å². The van der Waals surface area contributed by atoms with Crippen molar-refractivity contribution in [2.45, 2.75) is 20.3 Å². The molecular weight excluding hydrogens is 294 g/mol. The maximum absolute atomic E-state index is 4.58. The molecule has 2 aromatic rings. The Hall–Kier alpha value is -1.43. The number of aryl methyl sites for hydroxylation is 2. The average Bonchev–Trinajstić information content (AvgIpc) is 2.78. The molecule has 0 fully saturated rings. The van der Waals surface area contributed by atoms with Gasteiger partial charge in [-0.05, 0) is 35.3 Å². The Morgan fingerprint density at radius 3 is 2.67 bits per heavy atom. The summed E-state index contributed by atoms with van der Waals surface area (Å²) in [5.41, 5.74) is 1.91. The molecule has 96 valence electrons. The summed E-state index contributed by atoms with van der Waals surface area (Å²) in [5, 5.41) is 7.40. The Labute approximate surface area is 115 Å². The van der Waals surface area contributed by atoms with Crippen LogP contribution in [-0.4, -0.2) is 26.3 Å². The number of aromatic nitrogens is 4. The van der Waals surface area contributed by atoms with Gasteiger partial charge in [0.05, 0.1) is 10.2 Å². The summed E-state index contributed by atoms with van der Waals surface area (Å²) in [6, 6.07) is 1.92. The highest BCUT2D eigenvalue weighted by molar-refractivity contribution is 9.10. The Morgan fingerprint density at radius 2 is 2.11 bits per heavy atom. The van der Waals surface area contributed by atoms with Crippen LogP contribution < -0.4 is 5.32 Å². The van der Waals surface area contributed by atoms with E-state index in [-0.39, 0.29) is 0 Å². The summed E-state index contributed by atoms with van der Waals surface area (Å²) in [6.07, 6.45) is 2.60. The Balaban J connectivity index is 2.55. The zero-order chi connectivity index (χ0) is 13.1. The Kier molecular flexibility index (Phi) is 3.96. The van der Waals surface area contributed by atoms with Crippen molar-refractivity contribution in [1.29, 1.82) is 0 Å². The molecular formula is C12H16BrN5. The molecule has 0 saturated heterocycles. The van der Waals surface area contributed by atoms with Crippen LogP contribution in [0.4, 0.5) is 5.82 Å². The molecule has 0 atom stereocenters. The van der Waals surface area contributed by atoms with E-state index in [4.69, 9.17) is 0 Å². The van der Waals surface area contributed by atoms with Crippen molar-refractivity contribution in [3.8, 4) is 11.5 Å². The van der Waals surface area contributed by atoms with Crippen LogP contribution in [-0.2, 0) is 13.5 Å². The second-order valence-corrected chi connectivity index (χ2v) is 4.67. The van der Waals surface area contributed by atoms with Crippen molar-refractivity contribution in [2.75, 3.05) is 11.9 Å². The lowest BCUT2D eigenvalue weighted by Crippen LogP contribution is -2.07. The monoisotopic (exact) mass is 309 g/mol. The first-order valence-electron chi connectivity index (χ1n) is 5.96. The number of nitrogens with zero attached hydrogens (tertiary/aromatic N) is 4. The van der Waals surface area contributed by atoms with Gasteiger partial charge in [0, 0.05) is 19.8 Å². The van der Waals surface area contributed by atoms with Crippen LogP contribution in [0.1, 0.15) is 19.5 Å². The minimum atomic E-state index is 0.700. The summed E-state index contributed by atoms with van der Waals surface area (Å²) >= 11 is 3.55. The molecule has 0 saturated carbocycles. The van der Waals surface area contributed by atoms with Gasteiger partial charge in [0.15, 0.2) is 5.82 Å². The number of rotatable bonds is 4. The van der Waals surface area contributed by atoms with Crippen LogP contribution in [0.15, 0.2) is 16.7 Å². The quantitative estimate of drug-likeness (QED) is 0.943. The lowest BCUT2D eigenvalue weighted by molar-refractivity contribution is 0.768. The zero-order valence-corrected chi connectivity index (χ0v) is 12.3. The molecule has 0 amide bonds. The highest BCUT2D eigenvalue weighted by Crippen LogP contribution is 2.27. The molecule has 0 aliphatic rings. The number of hydrogen-bond donors (Lipinski definition) is 1. The fraction of sp³-hybridized carbons (Fsp3) is 0.417. The molecule has 1 N–H and O–H groups in total. The highest BCUT2D eigenvalue weighted by Gasteiger charge is 2.13. The van der Waals surface area contributed by atoms with Crippen molar-refractivity contribution in [3.63, 3.8) is 0 Å². The number of hydrogen-bond acceptors (Lipinski definition) is 4. The van der Waals surface area contributed by atoms with Crippen molar-refractivity contribution in [3.05, 3.63) is 22.4 Å². The van der Waals surface area contributed by atoms with E-state index in [0.29, 0.717) is 5.82 Å². The van der Waals surface area contributed by atoms with E-state index in [2.05, 4.69) is 43.2 Å². The third-order valence-electron chi connectivity index (χ3n) is 2.65. The van der Waals surface area contributed by atoms with E-state index in [9.17, 15) is 0 Å². The summed E-state index contributed by atoms with van der Waals surface area (Å²) in [6.45, 7) is 4.95. The molecule has 0 unspecified atom stereocenters. The topological polar surface area (TPSA) is 55.6 Å². The molecule has 2 heterocycles. The molecule has 0 bridgehead atoms. The van der Waals surface area contributed by atoms with Gasteiger partial charge in [-0.3, -0.25) is 4.68 Å². The number of anilines is 1. The van der Waals surface area contributed by atoms with Crippen molar-refractivity contribution in [1.82, 2.24) is 19.7 Å². The van der Waals surface area contributed by atoms with Crippen LogP contribution in [0.3, 0.4) is 0 Å². The minimum absolute atomic E-state index is 0.700. The van der Waals surface area contributed by atoms with Crippen LogP contribution in [0.2, 0.25) is 0 Å². The normalized spacial score (nSPS) is 10.7. The fourth-order valence-corrected chi connectivity index (χ4v) is 2.32. The van der Waals surface area contributed by atoms with Gasteiger partial charge in [0.2, 0.25) is 0 Å². The smallest absolute Gasteiger partial charge is 0.180 e. The molecule has 5 nitrogen and oxygen atoms in total. The van der Waals surface area contributed by atoms with E-state index >= 15 is 0 Å². The van der Waals surface area contributed by atoms with Gasteiger partial charge in [-0.2, -0.15) is 5.10 Å². The molecule has 0 spiro atoms. The van der Waals surface area contributed by atoms with Gasteiger partial charge in [0.25, 0.3) is 0 Å². The lowest BCUT2D eigenvalue weighted by atomic mass is 10.3. The van der Waals surface area contributed by atoms with Crippen molar-refractivity contribution in [2.24, 2.45) is 7.05 Å². The summed E-state index contributed by atoms with van der Waals surface area (Å²) in [4.78, 5) is 9.12. The molecule has 2 rings (SSSR count). The van der Waals surface area contributed by atoms with Crippen molar-refractivity contribution < 1.29 is 0 Å². The van der Waals surface area contributed by atoms with Gasteiger partial charge in [0.1, 0.15) is 11.5 Å². The van der Waals surface area contributed by atoms with Crippen LogP contribution >= 0.6 is 15.9 Å². The van der Waals surface area contributed by atoms with Gasteiger partial charge < -0.3 is 5.32 Å². The first-order valence-corrected chi connectivity index (χ1v) is 6.75. The fourth-order valence-electron chi connectivity index (χ4n) is 1.72. The lowest BCUT2D eigenvalue weighted by Gasteiger charge is -2.11. The molecule has 0 aromatic carbocycles. The standard InChI is InChI=1S/C12H16BrN5/c1-4-8-10(13)12(14-5-2)17-11(16-8)9-6-7-15-18(9)3/h6-7H,4-5H2,1-3H3,(H,14,16,17). The second-order valence-electron chi connectivity index (χ2n) is 3.88. The Morgan fingerprint density at radius 1 is 1.33 bits per heavy atom. The van der Waals surface area contributed by atoms with E-state index in [1.807, 2.05) is 20.0 Å². The molecule has 0 radical (unpaired) electrons. The Bertz CT molecular complexity index is 549. The van der Waals surface area contributed by atoms with E-state index in [0.717, 1.165) is 34.6 Å². The van der Waals surface area contributed by atoms with E-state index in [1.54, 1.807) is 10.9 Å². The average molecular weight is 310 g/mol. The second kappa shape index (κ2) is 5.48.